The Morgan fingerprint density at radius 2 is 0.905 bits per heavy atom. The van der Waals surface area contributed by atoms with Gasteiger partial charge < -0.3 is 67.4 Å². The van der Waals surface area contributed by atoms with E-state index in [0.717, 1.165) is 25.3 Å². The molecule has 3 aliphatic heterocycles. The fourth-order valence-corrected chi connectivity index (χ4v) is 9.28. The number of anilines is 3. The maximum Gasteiger partial charge on any atom is 0.472 e. The number of hydrogen-bond donors (Lipinski definition) is 10. The van der Waals surface area contributed by atoms with Gasteiger partial charge >= 0.3 is 15.6 Å². The summed E-state index contributed by atoms with van der Waals surface area (Å²) >= 11 is 0. The van der Waals surface area contributed by atoms with Gasteiger partial charge in [0, 0.05) is 6.54 Å². The van der Waals surface area contributed by atoms with Crippen molar-refractivity contribution in [3.63, 3.8) is 0 Å². The average molecular weight is 925 g/mol. The summed E-state index contributed by atoms with van der Waals surface area (Å²) in [5.41, 5.74) is 24.3. The largest absolute Gasteiger partial charge is 0.472 e. The number of rotatable bonds is 14. The first kappa shape index (κ1) is 43.2. The van der Waals surface area contributed by atoms with E-state index in [9.17, 15) is 39.3 Å². The summed E-state index contributed by atoms with van der Waals surface area (Å²) in [6, 6.07) is 0. The minimum absolute atomic E-state index is 0.0241. The third kappa shape index (κ3) is 7.86. The molecule has 0 saturated carbocycles. The number of aromatic nitrogens is 12. The third-order valence-electron chi connectivity index (χ3n) is 10.5. The van der Waals surface area contributed by atoms with Crippen molar-refractivity contribution >= 4 is 66.6 Å². The predicted octanol–water partition coefficient (Wildman–Crippen LogP) is -3.65. The zero-order chi connectivity index (χ0) is 44.5. The number of aliphatic hydroxyl groups is 4. The molecule has 14 N–H and O–H groups in total. The number of phosphoric ester groups is 2. The molecule has 6 aromatic rings. The molecule has 0 aliphatic carbocycles. The van der Waals surface area contributed by atoms with Crippen LogP contribution in [0.25, 0.3) is 33.5 Å². The van der Waals surface area contributed by atoms with E-state index in [1.54, 1.807) is 0 Å². The monoisotopic (exact) mass is 924 g/mol. The molecule has 3 saturated heterocycles. The van der Waals surface area contributed by atoms with Crippen LogP contribution in [0.2, 0.25) is 0 Å². The van der Waals surface area contributed by atoms with Crippen LogP contribution in [0.1, 0.15) is 18.7 Å². The SMILES string of the molecule is NCC1OC(n2cnc3c(N)ncnc32)C(OP(=O)(O)OCC2OC(n3cnc4c(N)ncnc43)C(OP(=O)(O)OCC3OC(n4cnc5c(N)ncnc54)C(O)C3O)C2O)C1O. The fourth-order valence-electron chi connectivity index (χ4n) is 7.41. The molecule has 0 amide bonds. The Morgan fingerprint density at radius 3 is 1.33 bits per heavy atom. The van der Waals surface area contributed by atoms with Gasteiger partial charge in [0.1, 0.15) is 90.5 Å². The second-order valence-corrected chi connectivity index (χ2v) is 17.1. The van der Waals surface area contributed by atoms with Crippen LogP contribution in [0.15, 0.2) is 38.0 Å². The first-order valence-corrected chi connectivity index (χ1v) is 21.5. The van der Waals surface area contributed by atoms with Crippen LogP contribution in [-0.4, -0.2) is 163 Å². The van der Waals surface area contributed by atoms with E-state index >= 15 is 0 Å². The van der Waals surface area contributed by atoms with Gasteiger partial charge in [-0.05, 0) is 0 Å². The second-order valence-electron chi connectivity index (χ2n) is 14.3. The van der Waals surface area contributed by atoms with E-state index in [-0.39, 0.29) is 57.5 Å². The Bertz CT molecular complexity index is 2750. The lowest BCUT2D eigenvalue weighted by molar-refractivity contribution is -0.0638. The highest BCUT2D eigenvalue weighted by Crippen LogP contribution is 2.53. The van der Waals surface area contributed by atoms with Crippen molar-refractivity contribution in [1.29, 1.82) is 0 Å². The summed E-state index contributed by atoms with van der Waals surface area (Å²) in [6.45, 7) is -2.00. The molecule has 9 heterocycles. The number of phosphoric acid groups is 2. The number of aliphatic hydroxyl groups excluding tert-OH is 4. The molecule has 31 nitrogen and oxygen atoms in total. The number of nitrogens with two attached hydrogens (primary N) is 4. The van der Waals surface area contributed by atoms with E-state index in [2.05, 4.69) is 44.9 Å². The average Bonchev–Trinajstić information content (AvgIpc) is 4.11. The molecule has 6 aromatic heterocycles. The van der Waals surface area contributed by atoms with Crippen molar-refractivity contribution < 1.29 is 71.6 Å². The maximum atomic E-state index is 13.6. The summed E-state index contributed by atoms with van der Waals surface area (Å²) < 4.78 is 69.8. The van der Waals surface area contributed by atoms with Gasteiger partial charge in [-0.15, -0.1) is 0 Å². The number of imidazole rings is 3. The number of hydrogen-bond acceptors (Lipinski definition) is 26. The molecule has 0 spiro atoms. The highest BCUT2D eigenvalue weighted by molar-refractivity contribution is 7.47. The Morgan fingerprint density at radius 1 is 0.540 bits per heavy atom. The number of fused-ring (bicyclic) bond motifs is 3. The van der Waals surface area contributed by atoms with Crippen molar-refractivity contribution in [3.8, 4) is 0 Å². The molecular weight excluding hydrogens is 886 g/mol. The van der Waals surface area contributed by atoms with Crippen LogP contribution in [0.4, 0.5) is 17.5 Å². The van der Waals surface area contributed by atoms with Crippen molar-refractivity contribution in [2.24, 2.45) is 5.73 Å². The molecule has 3 fully saturated rings. The Balaban J connectivity index is 0.913. The zero-order valence-electron chi connectivity index (χ0n) is 31.9. The highest BCUT2D eigenvalue weighted by atomic mass is 31.2. The van der Waals surface area contributed by atoms with Crippen LogP contribution in [0.5, 0.6) is 0 Å². The normalized spacial score (nSPS) is 31.9. The molecule has 0 radical (unpaired) electrons. The molecule has 338 valence electrons. The number of nitrogen functional groups attached to an aromatic ring is 3. The van der Waals surface area contributed by atoms with Gasteiger partial charge in [0.2, 0.25) is 0 Å². The lowest BCUT2D eigenvalue weighted by atomic mass is 10.1. The van der Waals surface area contributed by atoms with Gasteiger partial charge in [-0.2, -0.15) is 0 Å². The standard InChI is InChI=1S/C30H38N16O15P2/c31-1-10-17(48)20(29(57-10)45-8-42-14-23(33)36-5-39-26(14)45)60-63(53,54)56-3-12-18(49)21(30(59-12)46-9-43-15-24(34)37-6-40-27(15)46)61-62(51,52)55-2-11-16(47)19(50)28(58-11)44-7-41-13-22(32)35-4-38-25(13)44/h4-12,16-21,28-30,47-50H,1-3,31H2,(H,51,52)(H,53,54)(H2,32,35,38)(H2,33,36,39)(H2,34,37,40). The minimum Gasteiger partial charge on any atom is -0.387 e. The van der Waals surface area contributed by atoms with Gasteiger partial charge in [-0.25, -0.2) is 54.0 Å². The second kappa shape index (κ2) is 16.5. The predicted molar refractivity (Wildman–Crippen MR) is 205 cm³/mol. The first-order chi connectivity index (χ1) is 30.1. The molecule has 3 aliphatic rings. The van der Waals surface area contributed by atoms with Crippen molar-refractivity contribution in [3.05, 3.63) is 38.0 Å². The van der Waals surface area contributed by atoms with Crippen LogP contribution in [-0.2, 0) is 41.4 Å². The number of ether oxygens (including phenoxy) is 3. The Kier molecular flexibility index (Phi) is 11.3. The Labute approximate surface area is 350 Å². The van der Waals surface area contributed by atoms with Crippen molar-refractivity contribution in [1.82, 2.24) is 58.6 Å². The van der Waals surface area contributed by atoms with E-state index in [1.165, 1.54) is 26.4 Å². The van der Waals surface area contributed by atoms with Gasteiger partial charge in [-0.1, -0.05) is 0 Å². The maximum absolute atomic E-state index is 13.6. The minimum atomic E-state index is -5.28. The third-order valence-corrected chi connectivity index (χ3v) is 12.5. The van der Waals surface area contributed by atoms with Crippen LogP contribution < -0.4 is 22.9 Å². The van der Waals surface area contributed by atoms with Crippen molar-refractivity contribution in [2.75, 3.05) is 37.0 Å². The van der Waals surface area contributed by atoms with Crippen LogP contribution >= 0.6 is 15.6 Å². The molecule has 0 bridgehead atoms. The van der Waals surface area contributed by atoms with Gasteiger partial charge in [0.15, 0.2) is 53.1 Å². The van der Waals surface area contributed by atoms with Gasteiger partial charge in [0.25, 0.3) is 0 Å². The summed E-state index contributed by atoms with van der Waals surface area (Å²) in [5.74, 6) is 0.0241. The van der Waals surface area contributed by atoms with Crippen LogP contribution in [0, 0.1) is 0 Å². The molecule has 63 heavy (non-hydrogen) atoms. The molecule has 33 heteroatoms. The quantitative estimate of drug-likeness (QED) is 0.0471. The topological polar surface area (TPSA) is 455 Å². The van der Waals surface area contributed by atoms with Gasteiger partial charge in [0.05, 0.1) is 32.2 Å². The molecule has 14 unspecified atom stereocenters. The molecule has 14 atom stereocenters. The molecule has 9 rings (SSSR count). The Hall–Kier alpha value is -5.05. The summed E-state index contributed by atoms with van der Waals surface area (Å²) in [7, 11) is -10.5. The lowest BCUT2D eigenvalue weighted by Crippen LogP contribution is -2.37. The van der Waals surface area contributed by atoms with E-state index in [4.69, 9.17) is 55.2 Å². The first-order valence-electron chi connectivity index (χ1n) is 18.5. The summed E-state index contributed by atoms with van der Waals surface area (Å²) in [4.78, 5) is 58.3. The molecule has 0 aromatic carbocycles. The van der Waals surface area contributed by atoms with E-state index < -0.39 is 102 Å². The highest BCUT2D eigenvalue weighted by Gasteiger charge is 2.53. The van der Waals surface area contributed by atoms with Crippen LogP contribution in [0.3, 0.4) is 0 Å². The van der Waals surface area contributed by atoms with Gasteiger partial charge in [-0.3, -0.25) is 31.8 Å². The summed E-state index contributed by atoms with van der Waals surface area (Å²) in [6.07, 6.45) is -11.5. The summed E-state index contributed by atoms with van der Waals surface area (Å²) in [5, 5.41) is 44.2. The van der Waals surface area contributed by atoms with E-state index in [1.807, 2.05) is 0 Å². The molecular formula is C30H38N16O15P2. The fraction of sp³-hybridized carbons (Fsp3) is 0.500. The van der Waals surface area contributed by atoms with Crippen molar-refractivity contribution in [2.45, 2.75) is 73.6 Å². The zero-order valence-corrected chi connectivity index (χ0v) is 33.7. The lowest BCUT2D eigenvalue weighted by Gasteiger charge is -2.25. The number of nitrogens with zero attached hydrogens (tertiary/aromatic N) is 12. The smallest absolute Gasteiger partial charge is 0.387 e. The van der Waals surface area contributed by atoms with E-state index in [0.29, 0.717) is 0 Å².